The van der Waals surface area contributed by atoms with Crippen molar-refractivity contribution in [3.63, 3.8) is 0 Å². The number of rotatable bonds is 7. The van der Waals surface area contributed by atoms with E-state index in [1.807, 2.05) is 0 Å². The molecule has 0 aliphatic heterocycles. The third-order valence-electron chi connectivity index (χ3n) is 3.70. The molecule has 11 heteroatoms. The largest absolute Gasteiger partial charge is 0.407 e. The van der Waals surface area contributed by atoms with Gasteiger partial charge in [0.1, 0.15) is 5.82 Å². The van der Waals surface area contributed by atoms with Crippen molar-refractivity contribution in [2.75, 3.05) is 24.7 Å². The quantitative estimate of drug-likeness (QED) is 0.262. The van der Waals surface area contributed by atoms with Gasteiger partial charge in [0, 0.05) is 10.9 Å². The molecule has 0 radical (unpaired) electrons. The van der Waals surface area contributed by atoms with Gasteiger partial charge >= 0.3 is 0 Å². The molecule has 2 rings (SSSR count). The number of nitrogens with two attached hydrogens (primary N) is 2. The minimum Gasteiger partial charge on any atom is -0.407 e. The summed E-state index contributed by atoms with van der Waals surface area (Å²) in [5.41, 5.74) is 10.2. The SMILES string of the molecule is CSc1ccc(Nc2c(C(=N)OC(N)=NC[C@H](N)CO)ccc(F)c2F)c(F)c1. The number of halogens is 3. The summed E-state index contributed by atoms with van der Waals surface area (Å²) in [7, 11) is 0. The zero-order valence-corrected chi connectivity index (χ0v) is 16.2. The normalized spacial score (nSPS) is 12.6. The lowest BCUT2D eigenvalue weighted by Crippen LogP contribution is -2.30. The summed E-state index contributed by atoms with van der Waals surface area (Å²) in [6.07, 6.45) is 1.77. The van der Waals surface area contributed by atoms with Crippen LogP contribution in [-0.2, 0) is 4.74 Å². The average molecular weight is 427 g/mol. The van der Waals surface area contributed by atoms with E-state index in [1.165, 1.54) is 23.9 Å². The lowest BCUT2D eigenvalue weighted by atomic mass is 10.1. The Bertz CT molecular complexity index is 927. The van der Waals surface area contributed by atoms with Crippen LogP contribution in [0.5, 0.6) is 0 Å². The van der Waals surface area contributed by atoms with Crippen LogP contribution in [0.1, 0.15) is 5.56 Å². The number of hydrogen-bond acceptors (Lipinski definition) is 7. The van der Waals surface area contributed by atoms with E-state index < -0.39 is 41.1 Å². The molecule has 0 spiro atoms. The first-order chi connectivity index (χ1) is 13.8. The molecule has 0 aliphatic rings. The smallest absolute Gasteiger partial charge is 0.288 e. The minimum absolute atomic E-state index is 0.0640. The van der Waals surface area contributed by atoms with Crippen LogP contribution in [0.2, 0.25) is 0 Å². The molecular weight excluding hydrogens is 407 g/mol. The molecule has 0 aliphatic carbocycles. The number of aliphatic imine (C=N–C) groups is 1. The molecule has 7 nitrogen and oxygen atoms in total. The molecule has 156 valence electrons. The molecule has 0 saturated heterocycles. The van der Waals surface area contributed by atoms with Gasteiger partial charge in [0.15, 0.2) is 11.6 Å². The van der Waals surface area contributed by atoms with Crippen molar-refractivity contribution in [3.8, 4) is 0 Å². The molecule has 2 aromatic carbocycles. The molecule has 0 bridgehead atoms. The number of benzene rings is 2. The number of nitrogens with zero attached hydrogens (tertiary/aromatic N) is 1. The van der Waals surface area contributed by atoms with E-state index in [-0.39, 0.29) is 24.4 Å². The van der Waals surface area contributed by atoms with E-state index in [4.69, 9.17) is 26.7 Å². The summed E-state index contributed by atoms with van der Waals surface area (Å²) >= 11 is 1.32. The Morgan fingerprint density at radius 3 is 2.62 bits per heavy atom. The monoisotopic (exact) mass is 427 g/mol. The standard InChI is InChI=1S/C18H20F3N5O2S/c1-29-10-2-5-14(13(20)6-10)26-16-11(3-4-12(19)15(16)21)17(23)28-18(24)25-7-9(22)8-27/h2-6,9,23,26-27H,7-8,22H2,1H3,(H2,24,25)/t9-/m0/s1. The van der Waals surface area contributed by atoms with Crippen molar-refractivity contribution in [1.82, 2.24) is 0 Å². The van der Waals surface area contributed by atoms with Crippen molar-refractivity contribution < 1.29 is 23.0 Å². The zero-order valence-electron chi connectivity index (χ0n) is 15.4. The Labute approximate surface area is 169 Å². The van der Waals surface area contributed by atoms with Gasteiger partial charge in [-0.15, -0.1) is 11.8 Å². The Balaban J connectivity index is 2.32. The Morgan fingerprint density at radius 1 is 1.28 bits per heavy atom. The van der Waals surface area contributed by atoms with E-state index in [0.29, 0.717) is 4.90 Å². The van der Waals surface area contributed by atoms with Crippen molar-refractivity contribution in [1.29, 1.82) is 5.41 Å². The van der Waals surface area contributed by atoms with Crippen LogP contribution >= 0.6 is 11.8 Å². The second-order valence-corrected chi connectivity index (χ2v) is 6.69. The van der Waals surface area contributed by atoms with Gasteiger partial charge in [0.2, 0.25) is 5.90 Å². The molecule has 0 heterocycles. The van der Waals surface area contributed by atoms with Gasteiger partial charge in [-0.05, 0) is 36.6 Å². The Kier molecular flexibility index (Phi) is 7.88. The van der Waals surface area contributed by atoms with Gasteiger partial charge in [0.25, 0.3) is 6.02 Å². The van der Waals surface area contributed by atoms with Gasteiger partial charge in [0.05, 0.1) is 30.1 Å². The lowest BCUT2D eigenvalue weighted by molar-refractivity contribution is 0.268. The summed E-state index contributed by atoms with van der Waals surface area (Å²) in [6, 6.07) is 4.97. The molecule has 0 amide bonds. The molecule has 29 heavy (non-hydrogen) atoms. The van der Waals surface area contributed by atoms with E-state index in [1.54, 1.807) is 12.3 Å². The summed E-state index contributed by atoms with van der Waals surface area (Å²) in [5.74, 6) is -3.84. The molecular formula is C18H20F3N5O2S. The number of anilines is 2. The average Bonchev–Trinajstić information content (AvgIpc) is 2.70. The predicted octanol–water partition coefficient (Wildman–Crippen LogP) is 2.55. The third kappa shape index (κ3) is 5.86. The number of aliphatic hydroxyl groups excluding tert-OH is 1. The van der Waals surface area contributed by atoms with Gasteiger partial charge in [-0.3, -0.25) is 5.41 Å². The number of ether oxygens (including phenoxy) is 1. The highest BCUT2D eigenvalue weighted by atomic mass is 32.2. The lowest BCUT2D eigenvalue weighted by Gasteiger charge is -2.15. The van der Waals surface area contributed by atoms with E-state index >= 15 is 0 Å². The van der Waals surface area contributed by atoms with Gasteiger partial charge in [-0.1, -0.05) is 0 Å². The van der Waals surface area contributed by atoms with Crippen LogP contribution in [0.4, 0.5) is 24.5 Å². The number of nitrogens with one attached hydrogen (secondary N) is 2. The molecule has 2 aromatic rings. The number of amidine groups is 1. The van der Waals surface area contributed by atoms with Gasteiger partial charge < -0.3 is 26.6 Å². The van der Waals surface area contributed by atoms with Crippen LogP contribution in [0.3, 0.4) is 0 Å². The van der Waals surface area contributed by atoms with Crippen molar-refractivity contribution in [2.24, 2.45) is 16.5 Å². The Morgan fingerprint density at radius 2 is 2.00 bits per heavy atom. The molecule has 0 aromatic heterocycles. The summed E-state index contributed by atoms with van der Waals surface area (Å²) < 4.78 is 47.4. The van der Waals surface area contributed by atoms with Gasteiger partial charge in [-0.2, -0.15) is 0 Å². The fourth-order valence-electron chi connectivity index (χ4n) is 2.18. The maximum absolute atomic E-state index is 14.4. The van der Waals surface area contributed by atoms with Crippen LogP contribution in [0.25, 0.3) is 0 Å². The summed E-state index contributed by atoms with van der Waals surface area (Å²) in [6.45, 7) is -0.391. The number of aliphatic hydroxyl groups is 1. The van der Waals surface area contributed by atoms with Crippen molar-refractivity contribution >= 4 is 35.1 Å². The minimum atomic E-state index is -1.32. The van der Waals surface area contributed by atoms with E-state index in [0.717, 1.165) is 12.1 Å². The van der Waals surface area contributed by atoms with Gasteiger partial charge in [-0.25, -0.2) is 18.2 Å². The fourth-order valence-corrected chi connectivity index (χ4v) is 2.60. The Hall–Kier alpha value is -2.76. The van der Waals surface area contributed by atoms with E-state index in [2.05, 4.69) is 10.3 Å². The number of thioether (sulfide) groups is 1. The van der Waals surface area contributed by atoms with Crippen molar-refractivity contribution in [2.45, 2.75) is 10.9 Å². The second kappa shape index (κ2) is 10.1. The molecule has 0 fully saturated rings. The molecule has 7 N–H and O–H groups in total. The predicted molar refractivity (Wildman–Crippen MR) is 107 cm³/mol. The third-order valence-corrected chi connectivity index (χ3v) is 4.42. The van der Waals surface area contributed by atoms with Crippen LogP contribution in [-0.4, -0.2) is 42.5 Å². The highest BCUT2D eigenvalue weighted by Crippen LogP contribution is 2.30. The number of hydrogen-bond donors (Lipinski definition) is 5. The van der Waals surface area contributed by atoms with Crippen LogP contribution in [0.15, 0.2) is 40.2 Å². The second-order valence-electron chi connectivity index (χ2n) is 5.81. The summed E-state index contributed by atoms with van der Waals surface area (Å²) in [4.78, 5) is 4.39. The maximum Gasteiger partial charge on any atom is 0.288 e. The van der Waals surface area contributed by atoms with Crippen molar-refractivity contribution in [3.05, 3.63) is 53.3 Å². The first-order valence-corrected chi connectivity index (χ1v) is 9.51. The molecule has 0 unspecified atom stereocenters. The highest BCUT2D eigenvalue weighted by Gasteiger charge is 2.20. The van der Waals surface area contributed by atoms with E-state index in [9.17, 15) is 13.2 Å². The zero-order chi connectivity index (χ0) is 21.6. The highest BCUT2D eigenvalue weighted by molar-refractivity contribution is 7.98. The maximum atomic E-state index is 14.4. The molecule has 0 saturated carbocycles. The first kappa shape index (κ1) is 22.5. The van der Waals surface area contributed by atoms with Crippen LogP contribution in [0, 0.1) is 22.9 Å². The fraction of sp³-hybridized carbons (Fsp3) is 0.222. The summed E-state index contributed by atoms with van der Waals surface area (Å²) in [5, 5.41) is 19.3. The topological polar surface area (TPSA) is 130 Å². The van der Waals surface area contributed by atoms with Crippen LogP contribution < -0.4 is 16.8 Å². The first-order valence-electron chi connectivity index (χ1n) is 8.28. The molecule has 1 atom stereocenters.